The van der Waals surface area contributed by atoms with E-state index >= 15 is 0 Å². The van der Waals surface area contributed by atoms with Crippen LogP contribution in [-0.4, -0.2) is 17.9 Å². The maximum Gasteiger partial charge on any atom is 0.313 e. The maximum atomic E-state index is 11.7. The number of benzene rings is 1. The second-order valence-electron chi connectivity index (χ2n) is 4.01. The largest absolute Gasteiger partial charge is 0.463 e. The molecule has 1 aromatic carbocycles. The van der Waals surface area contributed by atoms with Crippen molar-refractivity contribution < 1.29 is 14.3 Å². The summed E-state index contributed by atoms with van der Waals surface area (Å²) in [6.07, 6.45) is -0.375. The molecule has 0 aliphatic carbocycles. The maximum absolute atomic E-state index is 11.7. The highest BCUT2D eigenvalue weighted by molar-refractivity contribution is 6.06. The number of ether oxygens (including phenoxy) is 1. The first-order chi connectivity index (χ1) is 7.49. The van der Waals surface area contributed by atoms with Crippen molar-refractivity contribution in [1.82, 2.24) is 0 Å². The van der Waals surface area contributed by atoms with Gasteiger partial charge in [0.15, 0.2) is 5.78 Å². The van der Waals surface area contributed by atoms with E-state index in [0.717, 1.165) is 5.56 Å². The molecule has 0 amide bonds. The zero-order valence-electron chi connectivity index (χ0n) is 9.82. The van der Waals surface area contributed by atoms with E-state index < -0.39 is 5.97 Å². The van der Waals surface area contributed by atoms with Crippen LogP contribution in [0.3, 0.4) is 0 Å². The van der Waals surface area contributed by atoms with Gasteiger partial charge in [0.25, 0.3) is 0 Å². The molecule has 0 atom stereocenters. The predicted octanol–water partition coefficient (Wildman–Crippen LogP) is 2.52. The molecule has 0 heterocycles. The summed E-state index contributed by atoms with van der Waals surface area (Å²) < 4.78 is 4.91. The van der Waals surface area contributed by atoms with Gasteiger partial charge in [-0.05, 0) is 26.8 Å². The molecule has 0 radical (unpaired) electrons. The number of rotatable bonds is 4. The number of carbonyl (C=O) groups excluding carboxylic acids is 2. The van der Waals surface area contributed by atoms with E-state index in [2.05, 4.69) is 0 Å². The predicted molar refractivity (Wildman–Crippen MR) is 61.4 cm³/mol. The Bertz CT molecular complexity index is 394. The van der Waals surface area contributed by atoms with Crippen LogP contribution in [0.15, 0.2) is 24.3 Å². The van der Waals surface area contributed by atoms with Crippen LogP contribution < -0.4 is 0 Å². The molecule has 0 aliphatic heterocycles. The van der Waals surface area contributed by atoms with Crippen molar-refractivity contribution in [2.24, 2.45) is 0 Å². The number of aryl methyl sites for hydroxylation is 1. The van der Waals surface area contributed by atoms with Gasteiger partial charge in [-0.3, -0.25) is 9.59 Å². The van der Waals surface area contributed by atoms with Crippen molar-refractivity contribution in [3.63, 3.8) is 0 Å². The zero-order chi connectivity index (χ0) is 12.1. The standard InChI is InChI=1S/C13H16O3/c1-9(2)16-13(15)8-12(14)11-6-4-5-10(3)7-11/h4-7,9H,8H2,1-3H3. The van der Waals surface area contributed by atoms with Gasteiger partial charge in [0.05, 0.1) is 6.10 Å². The number of hydrogen-bond donors (Lipinski definition) is 0. The third-order valence-corrected chi connectivity index (χ3v) is 2.01. The fourth-order valence-corrected chi connectivity index (χ4v) is 1.36. The minimum absolute atomic E-state index is 0.183. The van der Waals surface area contributed by atoms with Crippen LogP contribution in [0.25, 0.3) is 0 Å². The normalized spacial score (nSPS) is 10.2. The van der Waals surface area contributed by atoms with Crippen LogP contribution >= 0.6 is 0 Å². The van der Waals surface area contributed by atoms with Gasteiger partial charge in [0.1, 0.15) is 6.42 Å². The number of ketones is 1. The highest BCUT2D eigenvalue weighted by Gasteiger charge is 2.13. The lowest BCUT2D eigenvalue weighted by Gasteiger charge is -2.07. The third kappa shape index (κ3) is 3.85. The Morgan fingerprint density at radius 3 is 2.56 bits per heavy atom. The molecule has 0 aromatic heterocycles. The van der Waals surface area contributed by atoms with Gasteiger partial charge in [0.2, 0.25) is 0 Å². The van der Waals surface area contributed by atoms with Crippen LogP contribution in [0.5, 0.6) is 0 Å². The summed E-state index contributed by atoms with van der Waals surface area (Å²) in [7, 11) is 0. The van der Waals surface area contributed by atoms with Crippen LogP contribution in [0.1, 0.15) is 36.2 Å². The molecule has 3 nitrogen and oxygen atoms in total. The molecule has 86 valence electrons. The van der Waals surface area contributed by atoms with Gasteiger partial charge in [-0.2, -0.15) is 0 Å². The molecule has 1 rings (SSSR count). The lowest BCUT2D eigenvalue weighted by atomic mass is 10.1. The molecular weight excluding hydrogens is 204 g/mol. The number of Topliss-reactive ketones (excluding diaryl/α,β-unsaturated/α-hetero) is 1. The zero-order valence-corrected chi connectivity index (χ0v) is 9.82. The summed E-state index contributed by atoms with van der Waals surface area (Å²) >= 11 is 0. The van der Waals surface area contributed by atoms with Gasteiger partial charge in [-0.25, -0.2) is 0 Å². The van der Waals surface area contributed by atoms with Crippen molar-refractivity contribution >= 4 is 11.8 Å². The van der Waals surface area contributed by atoms with E-state index in [1.807, 2.05) is 13.0 Å². The van der Waals surface area contributed by atoms with Crippen LogP contribution in [0.4, 0.5) is 0 Å². The Morgan fingerprint density at radius 2 is 2.00 bits per heavy atom. The molecule has 0 N–H and O–H groups in total. The first kappa shape index (κ1) is 12.4. The SMILES string of the molecule is Cc1cccc(C(=O)CC(=O)OC(C)C)c1. The summed E-state index contributed by atoms with van der Waals surface area (Å²) in [6.45, 7) is 5.42. The van der Waals surface area contributed by atoms with E-state index in [-0.39, 0.29) is 18.3 Å². The van der Waals surface area contributed by atoms with E-state index in [1.54, 1.807) is 32.0 Å². The molecule has 3 heteroatoms. The molecule has 0 fully saturated rings. The fourth-order valence-electron chi connectivity index (χ4n) is 1.36. The second-order valence-corrected chi connectivity index (χ2v) is 4.01. The third-order valence-electron chi connectivity index (χ3n) is 2.01. The van der Waals surface area contributed by atoms with E-state index in [0.29, 0.717) is 5.56 Å². The lowest BCUT2D eigenvalue weighted by molar-refractivity contribution is -0.146. The monoisotopic (exact) mass is 220 g/mol. The Labute approximate surface area is 95.4 Å². The summed E-state index contributed by atoms with van der Waals surface area (Å²) in [5.74, 6) is -0.671. The lowest BCUT2D eigenvalue weighted by Crippen LogP contribution is -2.15. The van der Waals surface area contributed by atoms with Gasteiger partial charge in [-0.1, -0.05) is 23.8 Å². The molecule has 0 saturated heterocycles. The van der Waals surface area contributed by atoms with Crippen LogP contribution in [0, 0.1) is 6.92 Å². The van der Waals surface area contributed by atoms with E-state index in [4.69, 9.17) is 4.74 Å². The second kappa shape index (κ2) is 5.45. The highest BCUT2D eigenvalue weighted by atomic mass is 16.5. The first-order valence-electron chi connectivity index (χ1n) is 5.28. The molecule has 0 spiro atoms. The van der Waals surface area contributed by atoms with Crippen molar-refractivity contribution in [2.75, 3.05) is 0 Å². The Balaban J connectivity index is 2.62. The molecule has 1 aromatic rings. The summed E-state index contributed by atoms with van der Waals surface area (Å²) in [5, 5.41) is 0. The molecule has 0 unspecified atom stereocenters. The van der Waals surface area contributed by atoms with E-state index in [1.165, 1.54) is 0 Å². The van der Waals surface area contributed by atoms with Crippen LogP contribution in [0.2, 0.25) is 0 Å². The molecule has 0 aliphatic rings. The Hall–Kier alpha value is -1.64. The van der Waals surface area contributed by atoms with E-state index in [9.17, 15) is 9.59 Å². The van der Waals surface area contributed by atoms with Gasteiger partial charge in [-0.15, -0.1) is 0 Å². The molecule has 16 heavy (non-hydrogen) atoms. The number of carbonyl (C=O) groups is 2. The van der Waals surface area contributed by atoms with Crippen molar-refractivity contribution in [3.05, 3.63) is 35.4 Å². The Kier molecular flexibility index (Phi) is 4.23. The van der Waals surface area contributed by atoms with Gasteiger partial charge >= 0.3 is 5.97 Å². The smallest absolute Gasteiger partial charge is 0.313 e. The van der Waals surface area contributed by atoms with Crippen LogP contribution in [-0.2, 0) is 9.53 Å². The van der Waals surface area contributed by atoms with Crippen molar-refractivity contribution in [1.29, 1.82) is 0 Å². The summed E-state index contributed by atoms with van der Waals surface area (Å²) in [6, 6.07) is 7.18. The van der Waals surface area contributed by atoms with Crippen molar-refractivity contribution in [2.45, 2.75) is 33.3 Å². The molecule has 0 saturated carbocycles. The molecule has 0 bridgehead atoms. The quantitative estimate of drug-likeness (QED) is 0.445. The highest BCUT2D eigenvalue weighted by Crippen LogP contribution is 2.07. The molecular formula is C13H16O3. The number of hydrogen-bond acceptors (Lipinski definition) is 3. The Morgan fingerprint density at radius 1 is 1.31 bits per heavy atom. The number of esters is 1. The minimum Gasteiger partial charge on any atom is -0.463 e. The summed E-state index contributed by atoms with van der Waals surface area (Å²) in [5.41, 5.74) is 1.56. The summed E-state index contributed by atoms with van der Waals surface area (Å²) in [4.78, 5) is 23.0. The van der Waals surface area contributed by atoms with Gasteiger partial charge < -0.3 is 4.74 Å². The topological polar surface area (TPSA) is 43.4 Å². The average molecular weight is 220 g/mol. The average Bonchev–Trinajstić information content (AvgIpc) is 2.16. The minimum atomic E-state index is -0.471. The van der Waals surface area contributed by atoms with Gasteiger partial charge in [0, 0.05) is 5.56 Å². The first-order valence-corrected chi connectivity index (χ1v) is 5.28. The fraction of sp³-hybridized carbons (Fsp3) is 0.385. The van der Waals surface area contributed by atoms with Crippen molar-refractivity contribution in [3.8, 4) is 0 Å².